The number of aliphatic hydroxyl groups is 1. The maximum absolute atomic E-state index is 13.8. The van der Waals surface area contributed by atoms with Crippen molar-refractivity contribution in [3.8, 4) is 5.75 Å². The molecular weight excluding hydrogens is 563 g/mol. The lowest BCUT2D eigenvalue weighted by Crippen LogP contribution is -2.60. The number of likely N-dealkylation sites (tertiary alicyclic amines) is 2. The number of carbonyl (C=O) groups excluding carboxylic acids is 4. The van der Waals surface area contributed by atoms with Crippen molar-refractivity contribution in [3.05, 3.63) is 63.9 Å². The number of imide groups is 2. The van der Waals surface area contributed by atoms with Crippen molar-refractivity contribution < 1.29 is 29.0 Å². The average molecular weight is 589 g/mol. The second kappa shape index (κ2) is 9.44. The van der Waals surface area contributed by atoms with Crippen LogP contribution in [0.15, 0.2) is 53.4 Å². The van der Waals surface area contributed by atoms with Gasteiger partial charge in [-0.05, 0) is 47.9 Å². The zero-order valence-electron chi connectivity index (χ0n) is 21.0. The Morgan fingerprint density at radius 3 is 2.46 bits per heavy atom. The molecular formula is C28H26Cl2N2O6S. The molecule has 2 aliphatic carbocycles. The van der Waals surface area contributed by atoms with Crippen molar-refractivity contribution in [1.82, 2.24) is 9.80 Å². The molecule has 11 heteroatoms. The second-order valence-corrected chi connectivity index (χ2v) is 12.8. The van der Waals surface area contributed by atoms with Crippen LogP contribution in [0.3, 0.4) is 0 Å². The number of aliphatic hydroxyl groups excluding tert-OH is 1. The van der Waals surface area contributed by atoms with E-state index in [4.69, 9.17) is 33.0 Å². The molecule has 1 aromatic carbocycles. The zero-order chi connectivity index (χ0) is 27.7. The van der Waals surface area contributed by atoms with E-state index >= 15 is 0 Å². The standard InChI is InChI=1S/C28H26Cl2N2O6S/c1-31-25(36)27(29)13-20-18(8-9-19-21(20)24(35)32(23(19)34)14-17-3-2-12-39-17)22(28(27,30)26(31)37)15-4-6-16(7-5-15)38-11-10-33/h2-8,12,19-22,33H,9-11,13-14H2,1H3. The van der Waals surface area contributed by atoms with Crippen LogP contribution < -0.4 is 4.74 Å². The molecule has 204 valence electrons. The predicted molar refractivity (Wildman–Crippen MR) is 144 cm³/mol. The normalized spacial score (nSPS) is 33.7. The Bertz CT molecular complexity index is 1400. The van der Waals surface area contributed by atoms with Crippen LogP contribution in [0.5, 0.6) is 5.75 Å². The Kier molecular flexibility index (Phi) is 6.41. The van der Waals surface area contributed by atoms with E-state index in [0.29, 0.717) is 17.7 Å². The van der Waals surface area contributed by atoms with Gasteiger partial charge in [0.05, 0.1) is 25.0 Å². The summed E-state index contributed by atoms with van der Waals surface area (Å²) in [5, 5.41) is 11.0. The van der Waals surface area contributed by atoms with Gasteiger partial charge in [-0.2, -0.15) is 0 Å². The summed E-state index contributed by atoms with van der Waals surface area (Å²) in [7, 11) is 1.37. The van der Waals surface area contributed by atoms with Crippen molar-refractivity contribution >= 4 is 58.2 Å². The van der Waals surface area contributed by atoms with Crippen LogP contribution in [-0.2, 0) is 25.7 Å². The third-order valence-corrected chi connectivity index (χ3v) is 10.8. The molecule has 1 N–H and O–H groups in total. The van der Waals surface area contributed by atoms with Gasteiger partial charge in [0.25, 0.3) is 11.8 Å². The summed E-state index contributed by atoms with van der Waals surface area (Å²) < 4.78 is 5.49. The van der Waals surface area contributed by atoms with Gasteiger partial charge < -0.3 is 9.84 Å². The first-order valence-corrected chi connectivity index (χ1v) is 14.4. The first kappa shape index (κ1) is 26.5. The Labute approximate surface area is 239 Å². The van der Waals surface area contributed by atoms with E-state index in [-0.39, 0.29) is 38.0 Å². The summed E-state index contributed by atoms with van der Waals surface area (Å²) in [6.07, 6.45) is 2.22. The SMILES string of the molecule is CN1C(=O)C2(Cl)CC3C(=CCC4C(=O)N(Cc5cccs5)C(=O)C43)C(c3ccc(OCCO)cc3)C2(Cl)C1=O. The Balaban J connectivity index is 1.44. The van der Waals surface area contributed by atoms with E-state index in [1.807, 2.05) is 23.6 Å². The first-order chi connectivity index (χ1) is 18.6. The number of allylic oxidation sites excluding steroid dienone is 2. The van der Waals surface area contributed by atoms with Gasteiger partial charge in [-0.1, -0.05) is 29.8 Å². The Hall–Kier alpha value is -2.72. The molecule has 6 unspecified atom stereocenters. The largest absolute Gasteiger partial charge is 0.491 e. The highest BCUT2D eigenvalue weighted by Gasteiger charge is 2.75. The minimum atomic E-state index is -1.81. The highest BCUT2D eigenvalue weighted by Crippen LogP contribution is 2.65. The lowest BCUT2D eigenvalue weighted by molar-refractivity contribution is -0.141. The summed E-state index contributed by atoms with van der Waals surface area (Å²) in [6.45, 7) is 0.189. The Morgan fingerprint density at radius 1 is 1.05 bits per heavy atom. The molecule has 1 aromatic heterocycles. The molecule has 6 atom stereocenters. The van der Waals surface area contributed by atoms with Crippen molar-refractivity contribution in [2.45, 2.75) is 35.1 Å². The molecule has 4 amide bonds. The van der Waals surface area contributed by atoms with Crippen molar-refractivity contribution in [2.75, 3.05) is 20.3 Å². The van der Waals surface area contributed by atoms with E-state index in [2.05, 4.69) is 0 Å². The van der Waals surface area contributed by atoms with Crippen LogP contribution in [0.4, 0.5) is 0 Å². The summed E-state index contributed by atoms with van der Waals surface area (Å²) in [4.78, 5) is 53.9. The van der Waals surface area contributed by atoms with Gasteiger partial charge in [0, 0.05) is 17.8 Å². The molecule has 2 aliphatic heterocycles. The molecule has 4 aliphatic rings. The van der Waals surface area contributed by atoms with Crippen LogP contribution in [0, 0.1) is 17.8 Å². The molecule has 2 aromatic rings. The zero-order valence-corrected chi connectivity index (χ0v) is 23.3. The summed E-state index contributed by atoms with van der Waals surface area (Å²) in [5.74, 6) is -3.80. The van der Waals surface area contributed by atoms with Gasteiger partial charge in [-0.3, -0.25) is 29.0 Å². The van der Waals surface area contributed by atoms with E-state index in [1.165, 1.54) is 23.3 Å². The summed E-state index contributed by atoms with van der Waals surface area (Å²) in [5.41, 5.74) is 1.39. The van der Waals surface area contributed by atoms with E-state index in [1.54, 1.807) is 24.3 Å². The van der Waals surface area contributed by atoms with Crippen LogP contribution in [0.2, 0.25) is 0 Å². The van der Waals surface area contributed by atoms with E-state index in [9.17, 15) is 19.2 Å². The maximum Gasteiger partial charge on any atom is 0.253 e. The fraction of sp³-hybridized carbons (Fsp3) is 0.429. The van der Waals surface area contributed by atoms with Crippen molar-refractivity contribution in [3.63, 3.8) is 0 Å². The number of alkyl halides is 2. The van der Waals surface area contributed by atoms with E-state index in [0.717, 1.165) is 15.4 Å². The van der Waals surface area contributed by atoms with Crippen molar-refractivity contribution in [1.29, 1.82) is 0 Å². The lowest BCUT2D eigenvalue weighted by Gasteiger charge is -2.50. The maximum atomic E-state index is 13.8. The highest BCUT2D eigenvalue weighted by atomic mass is 35.5. The number of nitrogens with zero attached hydrogens (tertiary/aromatic N) is 2. The van der Waals surface area contributed by atoms with Crippen LogP contribution >= 0.6 is 34.5 Å². The predicted octanol–water partition coefficient (Wildman–Crippen LogP) is 3.31. The van der Waals surface area contributed by atoms with Crippen LogP contribution in [0.25, 0.3) is 0 Å². The number of thiophene rings is 1. The fourth-order valence-electron chi connectivity index (χ4n) is 6.82. The number of amides is 4. The number of hydrogen-bond donors (Lipinski definition) is 1. The summed E-state index contributed by atoms with van der Waals surface area (Å²) >= 11 is 15.8. The number of carbonyl (C=O) groups is 4. The third-order valence-electron chi connectivity index (χ3n) is 8.57. The van der Waals surface area contributed by atoms with Gasteiger partial charge in [0.2, 0.25) is 11.8 Å². The Morgan fingerprint density at radius 2 is 1.79 bits per heavy atom. The lowest BCUT2D eigenvalue weighted by atomic mass is 9.56. The second-order valence-electron chi connectivity index (χ2n) is 10.5. The number of fused-ring (bicyclic) bond motifs is 4. The minimum absolute atomic E-state index is 0.0278. The quantitative estimate of drug-likeness (QED) is 0.315. The summed E-state index contributed by atoms with van der Waals surface area (Å²) in [6, 6.07) is 10.7. The average Bonchev–Trinajstić information content (AvgIpc) is 3.57. The molecule has 39 heavy (non-hydrogen) atoms. The number of ether oxygens (including phenoxy) is 1. The molecule has 3 heterocycles. The number of hydrogen-bond acceptors (Lipinski definition) is 7. The first-order valence-electron chi connectivity index (χ1n) is 12.7. The topological polar surface area (TPSA) is 104 Å². The molecule has 3 fully saturated rings. The monoisotopic (exact) mass is 588 g/mol. The number of benzene rings is 1. The minimum Gasteiger partial charge on any atom is -0.491 e. The van der Waals surface area contributed by atoms with Gasteiger partial charge in [0.15, 0.2) is 9.75 Å². The highest BCUT2D eigenvalue weighted by molar-refractivity contribution is 7.09. The van der Waals surface area contributed by atoms with Gasteiger partial charge in [-0.25, -0.2) is 0 Å². The van der Waals surface area contributed by atoms with Crippen LogP contribution in [0.1, 0.15) is 29.2 Å². The van der Waals surface area contributed by atoms with Gasteiger partial charge in [-0.15, -0.1) is 34.5 Å². The molecule has 1 saturated carbocycles. The molecule has 0 bridgehead atoms. The molecule has 0 radical (unpaired) electrons. The smallest absolute Gasteiger partial charge is 0.253 e. The van der Waals surface area contributed by atoms with Crippen LogP contribution in [-0.4, -0.2) is 68.5 Å². The van der Waals surface area contributed by atoms with Crippen molar-refractivity contribution in [2.24, 2.45) is 17.8 Å². The molecule has 6 rings (SSSR count). The molecule has 8 nitrogen and oxygen atoms in total. The third kappa shape index (κ3) is 3.66. The van der Waals surface area contributed by atoms with E-state index < -0.39 is 45.2 Å². The van der Waals surface area contributed by atoms with Gasteiger partial charge in [0.1, 0.15) is 12.4 Å². The fourth-order valence-corrected chi connectivity index (χ4v) is 8.53. The molecule has 2 saturated heterocycles. The van der Waals surface area contributed by atoms with Gasteiger partial charge >= 0.3 is 0 Å². The number of halogens is 2. The molecule has 0 spiro atoms. The number of rotatable bonds is 6.